The maximum atomic E-state index is 11.9. The van der Waals surface area contributed by atoms with E-state index in [0.29, 0.717) is 16.5 Å². The number of nitrogens with zero attached hydrogens (tertiary/aromatic N) is 2. The van der Waals surface area contributed by atoms with Crippen molar-refractivity contribution in [2.75, 3.05) is 12.4 Å². The minimum Gasteiger partial charge on any atom is -0.361 e. The highest BCUT2D eigenvalue weighted by molar-refractivity contribution is 7.15. The summed E-state index contributed by atoms with van der Waals surface area (Å²) in [4.78, 5) is 27.9. The molecule has 2 aromatic rings. The molecule has 0 radical (unpaired) electrons. The van der Waals surface area contributed by atoms with E-state index in [2.05, 4.69) is 20.8 Å². The minimum atomic E-state index is -0.334. The van der Waals surface area contributed by atoms with Gasteiger partial charge in [0.1, 0.15) is 11.3 Å². The van der Waals surface area contributed by atoms with Crippen molar-refractivity contribution in [1.82, 2.24) is 15.5 Å². The van der Waals surface area contributed by atoms with Gasteiger partial charge in [-0.05, 0) is 6.92 Å². The fourth-order valence-electron chi connectivity index (χ4n) is 1.37. The molecule has 2 aromatic heterocycles. The summed E-state index contributed by atoms with van der Waals surface area (Å²) < 4.78 is 4.81. The lowest BCUT2D eigenvalue weighted by Crippen LogP contribution is -2.19. The van der Waals surface area contributed by atoms with Crippen LogP contribution < -0.4 is 10.6 Å². The Morgan fingerprint density at radius 2 is 2.21 bits per heavy atom. The summed E-state index contributed by atoms with van der Waals surface area (Å²) in [6.45, 7) is 1.65. The zero-order valence-corrected chi connectivity index (χ0v) is 11.2. The van der Waals surface area contributed by atoms with E-state index in [1.54, 1.807) is 20.2 Å². The van der Waals surface area contributed by atoms with Crippen molar-refractivity contribution in [3.63, 3.8) is 0 Å². The number of carbonyl (C=O) groups excluding carboxylic acids is 2. The smallest absolute Gasteiger partial charge is 0.262 e. The average molecular weight is 280 g/mol. The molecule has 7 nitrogen and oxygen atoms in total. The first-order valence-electron chi connectivity index (χ1n) is 5.48. The highest BCUT2D eigenvalue weighted by Crippen LogP contribution is 2.19. The molecule has 2 N–H and O–H groups in total. The van der Waals surface area contributed by atoms with Crippen molar-refractivity contribution in [1.29, 1.82) is 0 Å². The van der Waals surface area contributed by atoms with Crippen LogP contribution in [0, 0.1) is 6.92 Å². The van der Waals surface area contributed by atoms with E-state index >= 15 is 0 Å². The molecule has 0 saturated heterocycles. The number of amides is 2. The molecule has 0 aromatic carbocycles. The van der Waals surface area contributed by atoms with Crippen LogP contribution in [0.4, 0.5) is 5.13 Å². The molecule has 100 valence electrons. The standard InChI is InChI=1S/C11H12N4O3S/c1-6-8(5-14-18-6)10(17)15-11-13-4-7(19-11)3-9(16)12-2/h4-5H,3H2,1-2H3,(H,12,16)(H,13,15,17). The number of aromatic nitrogens is 2. The second-order valence-electron chi connectivity index (χ2n) is 3.73. The monoisotopic (exact) mass is 280 g/mol. The van der Waals surface area contributed by atoms with Crippen LogP contribution in [0.3, 0.4) is 0 Å². The average Bonchev–Trinajstić information content (AvgIpc) is 2.98. The van der Waals surface area contributed by atoms with Crippen LogP contribution in [0.15, 0.2) is 16.9 Å². The van der Waals surface area contributed by atoms with E-state index < -0.39 is 0 Å². The van der Waals surface area contributed by atoms with Gasteiger partial charge in [-0.3, -0.25) is 14.9 Å². The third-order valence-corrected chi connectivity index (χ3v) is 3.30. The van der Waals surface area contributed by atoms with Crippen LogP contribution in [0.2, 0.25) is 0 Å². The molecular weight excluding hydrogens is 268 g/mol. The number of hydrogen-bond acceptors (Lipinski definition) is 6. The molecule has 0 spiro atoms. The van der Waals surface area contributed by atoms with Gasteiger partial charge in [0.05, 0.1) is 12.6 Å². The summed E-state index contributed by atoms with van der Waals surface area (Å²) in [5.74, 6) is 0.00985. The molecule has 0 saturated carbocycles. The second-order valence-corrected chi connectivity index (χ2v) is 4.85. The van der Waals surface area contributed by atoms with Gasteiger partial charge in [0.15, 0.2) is 5.13 Å². The zero-order valence-electron chi connectivity index (χ0n) is 10.4. The topological polar surface area (TPSA) is 97.1 Å². The van der Waals surface area contributed by atoms with E-state index in [-0.39, 0.29) is 18.2 Å². The van der Waals surface area contributed by atoms with Gasteiger partial charge >= 0.3 is 0 Å². The van der Waals surface area contributed by atoms with Gasteiger partial charge in [-0.2, -0.15) is 0 Å². The molecule has 0 aliphatic rings. The summed E-state index contributed by atoms with van der Waals surface area (Å²) in [5, 5.41) is 9.13. The van der Waals surface area contributed by atoms with Crippen LogP contribution in [0.25, 0.3) is 0 Å². The number of nitrogens with one attached hydrogen (secondary N) is 2. The summed E-state index contributed by atoms with van der Waals surface area (Å²) in [6.07, 6.45) is 3.16. The highest BCUT2D eigenvalue weighted by atomic mass is 32.1. The summed E-state index contributed by atoms with van der Waals surface area (Å²) in [5.41, 5.74) is 0.364. The fraction of sp³-hybridized carbons (Fsp3) is 0.273. The van der Waals surface area contributed by atoms with Crippen LogP contribution in [0.1, 0.15) is 21.0 Å². The molecule has 0 bridgehead atoms. The summed E-state index contributed by atoms with van der Waals surface area (Å²) in [6, 6.07) is 0. The van der Waals surface area contributed by atoms with Crippen molar-refractivity contribution >= 4 is 28.3 Å². The number of likely N-dealkylation sites (N-methyl/N-ethyl adjacent to an activating group) is 1. The van der Waals surface area contributed by atoms with E-state index in [4.69, 9.17) is 4.52 Å². The van der Waals surface area contributed by atoms with Gasteiger partial charge in [-0.1, -0.05) is 5.16 Å². The third-order valence-electron chi connectivity index (χ3n) is 2.38. The first-order valence-corrected chi connectivity index (χ1v) is 6.29. The molecule has 0 atom stereocenters. The quantitative estimate of drug-likeness (QED) is 0.870. The van der Waals surface area contributed by atoms with E-state index in [1.807, 2.05) is 0 Å². The molecule has 2 rings (SSSR count). The molecular formula is C11H12N4O3S. The molecule has 0 aliphatic carbocycles. The Morgan fingerprint density at radius 3 is 2.84 bits per heavy atom. The van der Waals surface area contributed by atoms with Gasteiger partial charge < -0.3 is 9.84 Å². The van der Waals surface area contributed by atoms with Gasteiger partial charge in [0, 0.05) is 18.1 Å². The maximum Gasteiger partial charge on any atom is 0.262 e. The van der Waals surface area contributed by atoms with Gasteiger partial charge in [-0.25, -0.2) is 4.98 Å². The minimum absolute atomic E-state index is 0.101. The third kappa shape index (κ3) is 3.16. The predicted molar refractivity (Wildman–Crippen MR) is 69.1 cm³/mol. The lowest BCUT2D eigenvalue weighted by Gasteiger charge is -1.98. The normalized spacial score (nSPS) is 10.2. The van der Waals surface area contributed by atoms with Crippen LogP contribution >= 0.6 is 11.3 Å². The predicted octanol–water partition coefficient (Wildman–Crippen LogP) is 0.980. The van der Waals surface area contributed by atoms with E-state index in [1.165, 1.54) is 17.5 Å². The van der Waals surface area contributed by atoms with E-state index in [9.17, 15) is 9.59 Å². The first-order chi connectivity index (χ1) is 9.10. The number of rotatable bonds is 4. The number of thiazole rings is 1. The summed E-state index contributed by atoms with van der Waals surface area (Å²) >= 11 is 1.25. The molecule has 8 heteroatoms. The molecule has 2 heterocycles. The van der Waals surface area contributed by atoms with Crippen LogP contribution in [0.5, 0.6) is 0 Å². The fourth-order valence-corrected chi connectivity index (χ4v) is 2.18. The second kappa shape index (κ2) is 5.61. The van der Waals surface area contributed by atoms with E-state index in [0.717, 1.165) is 4.88 Å². The van der Waals surface area contributed by atoms with Gasteiger partial charge in [0.25, 0.3) is 5.91 Å². The van der Waals surface area contributed by atoms with Crippen molar-refractivity contribution in [3.8, 4) is 0 Å². The zero-order chi connectivity index (χ0) is 13.8. The first kappa shape index (κ1) is 13.2. The van der Waals surface area contributed by atoms with Crippen molar-refractivity contribution in [2.24, 2.45) is 0 Å². The SMILES string of the molecule is CNC(=O)Cc1cnc(NC(=O)c2cnoc2C)s1. The Hall–Kier alpha value is -2.22. The number of aryl methyl sites for hydroxylation is 1. The van der Waals surface area contributed by atoms with Gasteiger partial charge in [0.2, 0.25) is 5.91 Å². The molecule has 19 heavy (non-hydrogen) atoms. The largest absolute Gasteiger partial charge is 0.361 e. The Bertz CT molecular complexity index is 605. The van der Waals surface area contributed by atoms with Crippen molar-refractivity contribution < 1.29 is 14.1 Å². The maximum absolute atomic E-state index is 11.9. The Kier molecular flexibility index (Phi) is 3.91. The Morgan fingerprint density at radius 1 is 1.42 bits per heavy atom. The molecule has 0 unspecified atom stereocenters. The van der Waals surface area contributed by atoms with Crippen molar-refractivity contribution in [2.45, 2.75) is 13.3 Å². The number of hydrogen-bond donors (Lipinski definition) is 2. The molecule has 0 fully saturated rings. The number of anilines is 1. The Balaban J connectivity index is 2.02. The van der Waals surface area contributed by atoms with Crippen LogP contribution in [-0.4, -0.2) is 29.0 Å². The van der Waals surface area contributed by atoms with Gasteiger partial charge in [-0.15, -0.1) is 11.3 Å². The Labute approximate surface area is 113 Å². The molecule has 0 aliphatic heterocycles. The highest BCUT2D eigenvalue weighted by Gasteiger charge is 2.15. The lowest BCUT2D eigenvalue weighted by atomic mass is 10.3. The number of carbonyl (C=O) groups is 2. The lowest BCUT2D eigenvalue weighted by molar-refractivity contribution is -0.119. The molecule has 2 amide bonds. The van der Waals surface area contributed by atoms with Crippen LogP contribution in [-0.2, 0) is 11.2 Å². The van der Waals surface area contributed by atoms with Crippen molar-refractivity contribution in [3.05, 3.63) is 28.6 Å². The summed E-state index contributed by atoms with van der Waals surface area (Å²) in [7, 11) is 1.57.